The predicted molar refractivity (Wildman–Crippen MR) is 44.4 cm³/mol. The minimum Gasteiger partial charge on any atom is -0.452 e. The summed E-state index contributed by atoms with van der Waals surface area (Å²) in [7, 11) is 1.40. The van der Waals surface area contributed by atoms with Gasteiger partial charge in [0.15, 0.2) is 0 Å². The van der Waals surface area contributed by atoms with E-state index in [1.807, 2.05) is 19.1 Å². The van der Waals surface area contributed by atoms with E-state index in [1.165, 1.54) is 7.11 Å². The van der Waals surface area contributed by atoms with Gasteiger partial charge < -0.3 is 4.74 Å². The smallest absolute Gasteiger partial charge is 0.414 e. The van der Waals surface area contributed by atoms with Crippen molar-refractivity contribution in [2.45, 2.75) is 12.5 Å². The average Bonchev–Trinajstić information content (AvgIpc) is 2.27. The van der Waals surface area contributed by atoms with Crippen molar-refractivity contribution in [3.05, 3.63) is 24.4 Å². The van der Waals surface area contributed by atoms with Crippen LogP contribution >= 0.6 is 0 Å². The van der Waals surface area contributed by atoms with Gasteiger partial charge in [0, 0.05) is 12.1 Å². The molecule has 2 atom stereocenters. The van der Waals surface area contributed by atoms with E-state index in [0.717, 1.165) is 0 Å². The number of amides is 1. The van der Waals surface area contributed by atoms with Crippen molar-refractivity contribution < 1.29 is 9.53 Å². The first-order valence-corrected chi connectivity index (χ1v) is 3.93. The average molecular weight is 165 g/mol. The quantitative estimate of drug-likeness (QED) is 0.509. The summed E-state index contributed by atoms with van der Waals surface area (Å²) in [6.07, 6.45) is 7.61. The molecule has 3 nitrogen and oxygen atoms in total. The number of ether oxygens (including phenoxy) is 1. The zero-order chi connectivity index (χ0) is 8.77. The number of carbonyl (C=O) groups excluding carboxylic acids is 1. The Morgan fingerprint density at radius 1 is 1.58 bits per heavy atom. The Hall–Kier alpha value is -1.25. The standard InChI is InChI=1S/C9H11NO2/c1-9-5-3-7(9)4-6-10(9)8(11)12-2/h3-7H,1-2H3. The Morgan fingerprint density at radius 2 is 2.33 bits per heavy atom. The number of hydrogen-bond donors (Lipinski definition) is 0. The third-order valence-corrected chi connectivity index (χ3v) is 2.65. The lowest BCUT2D eigenvalue weighted by Crippen LogP contribution is -2.49. The molecule has 1 amide bonds. The van der Waals surface area contributed by atoms with Crippen LogP contribution in [0.5, 0.6) is 0 Å². The number of methoxy groups -OCH3 is 1. The molecule has 3 heteroatoms. The van der Waals surface area contributed by atoms with Gasteiger partial charge in [-0.2, -0.15) is 0 Å². The highest BCUT2D eigenvalue weighted by atomic mass is 16.5. The fraction of sp³-hybridized carbons (Fsp3) is 0.444. The van der Waals surface area contributed by atoms with Crippen LogP contribution in [-0.4, -0.2) is 23.6 Å². The maximum atomic E-state index is 11.2. The van der Waals surface area contributed by atoms with Gasteiger partial charge in [0.2, 0.25) is 0 Å². The van der Waals surface area contributed by atoms with Crippen LogP contribution in [0, 0.1) is 5.92 Å². The molecule has 1 heterocycles. The second kappa shape index (κ2) is 2.12. The molecule has 0 saturated heterocycles. The molecule has 2 unspecified atom stereocenters. The van der Waals surface area contributed by atoms with Crippen molar-refractivity contribution in [2.24, 2.45) is 5.92 Å². The Bertz CT molecular complexity index is 282. The monoisotopic (exact) mass is 165 g/mol. The van der Waals surface area contributed by atoms with Crippen molar-refractivity contribution in [1.82, 2.24) is 4.90 Å². The van der Waals surface area contributed by atoms with Gasteiger partial charge in [0.1, 0.15) is 0 Å². The van der Waals surface area contributed by atoms with E-state index in [9.17, 15) is 4.79 Å². The third kappa shape index (κ3) is 0.682. The highest BCUT2D eigenvalue weighted by Crippen LogP contribution is 2.41. The summed E-state index contributed by atoms with van der Waals surface area (Å²) in [6, 6.07) is 0. The maximum absolute atomic E-state index is 11.2. The van der Waals surface area contributed by atoms with Crippen molar-refractivity contribution in [2.75, 3.05) is 7.11 Å². The van der Waals surface area contributed by atoms with Crippen LogP contribution in [0.15, 0.2) is 24.4 Å². The molecule has 64 valence electrons. The van der Waals surface area contributed by atoms with Gasteiger partial charge in [-0.05, 0) is 6.92 Å². The second-order valence-electron chi connectivity index (χ2n) is 3.29. The SMILES string of the molecule is COC(=O)N1C=CC2C=CC21C. The summed E-state index contributed by atoms with van der Waals surface area (Å²) >= 11 is 0. The van der Waals surface area contributed by atoms with E-state index in [0.29, 0.717) is 5.92 Å². The van der Waals surface area contributed by atoms with Gasteiger partial charge in [0.25, 0.3) is 0 Å². The van der Waals surface area contributed by atoms with E-state index < -0.39 is 0 Å². The van der Waals surface area contributed by atoms with Crippen LogP contribution < -0.4 is 0 Å². The Kier molecular flexibility index (Phi) is 1.31. The summed E-state index contributed by atoms with van der Waals surface area (Å²) in [5, 5.41) is 0. The zero-order valence-corrected chi connectivity index (χ0v) is 7.15. The molecule has 0 N–H and O–H groups in total. The molecule has 0 fully saturated rings. The van der Waals surface area contributed by atoms with Crippen LogP contribution in [0.3, 0.4) is 0 Å². The summed E-state index contributed by atoms with van der Waals surface area (Å²) in [5.41, 5.74) is -0.160. The van der Waals surface area contributed by atoms with Gasteiger partial charge in [-0.1, -0.05) is 18.2 Å². The first-order chi connectivity index (χ1) is 5.68. The molecule has 1 aliphatic carbocycles. The number of carbonyl (C=O) groups is 1. The lowest BCUT2D eigenvalue weighted by atomic mass is 9.77. The summed E-state index contributed by atoms with van der Waals surface area (Å²) in [6.45, 7) is 2.02. The van der Waals surface area contributed by atoms with E-state index in [-0.39, 0.29) is 11.6 Å². The van der Waals surface area contributed by atoms with E-state index in [2.05, 4.69) is 10.8 Å². The number of hydrogen-bond acceptors (Lipinski definition) is 2. The molecule has 0 saturated carbocycles. The van der Waals surface area contributed by atoms with Crippen LogP contribution in [-0.2, 0) is 4.74 Å². The van der Waals surface area contributed by atoms with Crippen molar-refractivity contribution >= 4 is 6.09 Å². The molecule has 0 aromatic rings. The molecule has 0 aromatic carbocycles. The molecular formula is C9H11NO2. The summed E-state index contributed by atoms with van der Waals surface area (Å²) in [4.78, 5) is 12.9. The number of nitrogens with zero attached hydrogens (tertiary/aromatic N) is 1. The topological polar surface area (TPSA) is 29.5 Å². The Morgan fingerprint density at radius 3 is 2.75 bits per heavy atom. The molecule has 0 aromatic heterocycles. The molecule has 12 heavy (non-hydrogen) atoms. The van der Waals surface area contributed by atoms with Gasteiger partial charge >= 0.3 is 6.09 Å². The third-order valence-electron chi connectivity index (χ3n) is 2.65. The lowest BCUT2D eigenvalue weighted by molar-refractivity contribution is 0.107. The lowest BCUT2D eigenvalue weighted by Gasteiger charge is -2.40. The highest BCUT2D eigenvalue weighted by Gasteiger charge is 2.46. The van der Waals surface area contributed by atoms with Crippen molar-refractivity contribution in [3.8, 4) is 0 Å². The first-order valence-electron chi connectivity index (χ1n) is 3.93. The maximum Gasteiger partial charge on any atom is 0.414 e. The molecule has 0 radical (unpaired) electrons. The van der Waals surface area contributed by atoms with E-state index in [4.69, 9.17) is 0 Å². The van der Waals surface area contributed by atoms with Gasteiger partial charge in [0.05, 0.1) is 12.6 Å². The van der Waals surface area contributed by atoms with Gasteiger partial charge in [-0.3, -0.25) is 4.90 Å². The van der Waals surface area contributed by atoms with Crippen molar-refractivity contribution in [1.29, 1.82) is 0 Å². The van der Waals surface area contributed by atoms with Crippen LogP contribution in [0.2, 0.25) is 0 Å². The van der Waals surface area contributed by atoms with Crippen LogP contribution in [0.25, 0.3) is 0 Å². The fourth-order valence-corrected chi connectivity index (χ4v) is 1.68. The molecule has 2 rings (SSSR count). The predicted octanol–water partition coefficient (Wildman–Crippen LogP) is 1.53. The Labute approximate surface area is 71.3 Å². The second-order valence-corrected chi connectivity index (χ2v) is 3.29. The summed E-state index contributed by atoms with van der Waals surface area (Å²) in [5.74, 6) is 0.372. The van der Waals surface area contributed by atoms with Crippen LogP contribution in [0.1, 0.15) is 6.92 Å². The van der Waals surface area contributed by atoms with E-state index in [1.54, 1.807) is 11.1 Å². The number of fused-ring (bicyclic) bond motifs is 1. The molecule has 0 spiro atoms. The largest absolute Gasteiger partial charge is 0.452 e. The van der Waals surface area contributed by atoms with E-state index >= 15 is 0 Å². The minimum atomic E-state index is -0.291. The highest BCUT2D eigenvalue weighted by molar-refractivity contribution is 5.72. The molecule has 0 bridgehead atoms. The van der Waals surface area contributed by atoms with Crippen molar-refractivity contribution in [3.63, 3.8) is 0 Å². The fourth-order valence-electron chi connectivity index (χ4n) is 1.68. The van der Waals surface area contributed by atoms with Gasteiger partial charge in [-0.15, -0.1) is 0 Å². The molecular weight excluding hydrogens is 154 g/mol. The molecule has 2 aliphatic rings. The normalized spacial score (nSPS) is 36.2. The van der Waals surface area contributed by atoms with Crippen LogP contribution in [0.4, 0.5) is 4.79 Å². The minimum absolute atomic E-state index is 0.160. The zero-order valence-electron chi connectivity index (χ0n) is 7.15. The first kappa shape index (κ1) is 7.40. The molecule has 1 aliphatic heterocycles. The number of rotatable bonds is 0. The summed E-state index contributed by atoms with van der Waals surface area (Å²) < 4.78 is 4.65. The Balaban J connectivity index is 2.24. The van der Waals surface area contributed by atoms with Gasteiger partial charge in [-0.25, -0.2) is 4.79 Å².